The smallest absolute Gasteiger partial charge is 0.329 e. The molecule has 0 spiro atoms. The minimum atomic E-state index is -0.0435. The first-order valence-corrected chi connectivity index (χ1v) is 10.6. The summed E-state index contributed by atoms with van der Waals surface area (Å²) in [6, 6.07) is 18.3. The van der Waals surface area contributed by atoms with Crippen molar-refractivity contribution in [3.8, 4) is 0 Å². The van der Waals surface area contributed by atoms with Gasteiger partial charge >= 0.3 is 5.69 Å². The summed E-state index contributed by atoms with van der Waals surface area (Å²) in [5, 5.41) is 3.16. The zero-order valence-corrected chi connectivity index (χ0v) is 17.1. The first-order valence-electron chi connectivity index (χ1n) is 10.6. The van der Waals surface area contributed by atoms with Crippen LogP contribution in [0.4, 0.5) is 0 Å². The quantitative estimate of drug-likeness (QED) is 0.665. The molecule has 0 unspecified atom stereocenters. The molecule has 1 aromatic heterocycles. The van der Waals surface area contributed by atoms with Crippen LogP contribution in [0.15, 0.2) is 59.4 Å². The van der Waals surface area contributed by atoms with Crippen molar-refractivity contribution in [3.05, 3.63) is 70.6 Å². The van der Waals surface area contributed by atoms with E-state index in [1.807, 2.05) is 37.3 Å². The highest BCUT2D eigenvalue weighted by Gasteiger charge is 2.35. The summed E-state index contributed by atoms with van der Waals surface area (Å²) >= 11 is 0. The number of benzene rings is 2. The molecular weight excluding hydrogens is 362 g/mol. The van der Waals surface area contributed by atoms with E-state index in [1.54, 1.807) is 9.13 Å². The molecule has 1 fully saturated rings. The topological polar surface area (TPSA) is 56.0 Å². The van der Waals surface area contributed by atoms with Gasteiger partial charge in [-0.25, -0.2) is 4.79 Å². The Hall–Kier alpha value is -2.82. The van der Waals surface area contributed by atoms with Crippen LogP contribution in [0.2, 0.25) is 0 Å². The van der Waals surface area contributed by atoms with Gasteiger partial charge in [-0.15, -0.1) is 0 Å². The summed E-state index contributed by atoms with van der Waals surface area (Å²) in [6.45, 7) is 3.66. The van der Waals surface area contributed by atoms with Crippen molar-refractivity contribution in [1.82, 2.24) is 14.5 Å². The highest BCUT2D eigenvalue weighted by atomic mass is 16.2. The van der Waals surface area contributed by atoms with Crippen LogP contribution < -0.4 is 11.0 Å². The average Bonchev–Trinajstić information content (AvgIpc) is 3.34. The average molecular weight is 392 g/mol. The summed E-state index contributed by atoms with van der Waals surface area (Å²) in [4.78, 5) is 25.4. The van der Waals surface area contributed by atoms with E-state index < -0.39 is 0 Å². The van der Waals surface area contributed by atoms with Gasteiger partial charge in [-0.05, 0) is 37.5 Å². The first-order chi connectivity index (χ1) is 14.1. The van der Waals surface area contributed by atoms with Gasteiger partial charge in [0.2, 0.25) is 5.91 Å². The third-order valence-corrected chi connectivity index (χ3v) is 6.37. The Morgan fingerprint density at radius 2 is 1.59 bits per heavy atom. The highest BCUT2D eigenvalue weighted by Crippen LogP contribution is 2.40. The number of fused-ring (bicyclic) bond motifs is 1. The molecule has 0 radical (unpaired) electrons. The van der Waals surface area contributed by atoms with Gasteiger partial charge in [0, 0.05) is 31.5 Å². The largest absolute Gasteiger partial charge is 0.355 e. The van der Waals surface area contributed by atoms with Crippen LogP contribution in [0.25, 0.3) is 11.0 Å². The molecule has 1 N–H and O–H groups in total. The maximum atomic E-state index is 12.7. The zero-order valence-electron chi connectivity index (χ0n) is 17.1. The van der Waals surface area contributed by atoms with Gasteiger partial charge < -0.3 is 5.32 Å². The molecule has 1 aliphatic rings. The van der Waals surface area contributed by atoms with Crippen LogP contribution in [-0.4, -0.2) is 21.6 Å². The predicted molar refractivity (Wildman–Crippen MR) is 116 cm³/mol. The Morgan fingerprint density at radius 1 is 0.966 bits per heavy atom. The number of imidazole rings is 1. The van der Waals surface area contributed by atoms with E-state index in [2.05, 4.69) is 29.6 Å². The summed E-state index contributed by atoms with van der Waals surface area (Å²) in [5.74, 6) is 0.00688. The molecule has 1 aliphatic carbocycles. The lowest BCUT2D eigenvalue weighted by Crippen LogP contribution is -2.39. The number of carbonyl (C=O) groups is 1. The van der Waals surface area contributed by atoms with Crippen molar-refractivity contribution in [2.75, 3.05) is 6.54 Å². The molecule has 5 heteroatoms. The number of carbonyl (C=O) groups excluding carboxylic acids is 1. The third kappa shape index (κ3) is 3.74. The molecule has 0 atom stereocenters. The molecule has 1 saturated carbocycles. The van der Waals surface area contributed by atoms with Crippen LogP contribution in [0, 0.1) is 0 Å². The summed E-state index contributed by atoms with van der Waals surface area (Å²) in [6.07, 6.45) is 4.94. The van der Waals surface area contributed by atoms with E-state index in [4.69, 9.17) is 0 Å². The molecule has 3 aromatic rings. The first kappa shape index (κ1) is 19.5. The van der Waals surface area contributed by atoms with E-state index in [-0.39, 0.29) is 17.0 Å². The summed E-state index contributed by atoms with van der Waals surface area (Å²) < 4.78 is 3.48. The van der Waals surface area contributed by atoms with Crippen molar-refractivity contribution < 1.29 is 4.79 Å². The summed E-state index contributed by atoms with van der Waals surface area (Å²) in [7, 11) is 0. The fraction of sp³-hybridized carbons (Fsp3) is 0.417. The lowest BCUT2D eigenvalue weighted by molar-refractivity contribution is -0.121. The second kappa shape index (κ2) is 8.27. The van der Waals surface area contributed by atoms with Gasteiger partial charge in [0.15, 0.2) is 0 Å². The number of nitrogens with one attached hydrogen (secondary N) is 1. The molecule has 29 heavy (non-hydrogen) atoms. The minimum Gasteiger partial charge on any atom is -0.355 e. The van der Waals surface area contributed by atoms with Gasteiger partial charge in [0.25, 0.3) is 0 Å². The predicted octanol–water partition coefficient (Wildman–Crippen LogP) is 3.84. The van der Waals surface area contributed by atoms with E-state index >= 15 is 0 Å². The van der Waals surface area contributed by atoms with Gasteiger partial charge in [0.1, 0.15) is 0 Å². The van der Waals surface area contributed by atoms with Gasteiger partial charge in [-0.1, -0.05) is 55.3 Å². The fourth-order valence-corrected chi connectivity index (χ4v) is 4.77. The van der Waals surface area contributed by atoms with E-state index in [9.17, 15) is 9.59 Å². The number of amides is 1. The molecular formula is C24H29N3O2. The number of para-hydroxylation sites is 2. The fourth-order valence-electron chi connectivity index (χ4n) is 4.77. The van der Waals surface area contributed by atoms with Crippen molar-refractivity contribution in [1.29, 1.82) is 0 Å². The second-order valence-electron chi connectivity index (χ2n) is 8.05. The zero-order chi connectivity index (χ0) is 20.3. The molecule has 2 aromatic carbocycles. The van der Waals surface area contributed by atoms with Crippen LogP contribution in [-0.2, 0) is 23.3 Å². The standard InChI is InChI=1S/C24H29N3O2/c1-2-26-20-12-6-7-13-21(20)27(23(26)29)17-14-22(28)25-18-24(15-8-9-16-24)19-10-4-3-5-11-19/h3-7,10-13H,2,8-9,14-18H2,1H3,(H,25,28). The molecule has 4 rings (SSSR count). The highest BCUT2D eigenvalue weighted by molar-refractivity contribution is 5.78. The Labute approximate surface area is 171 Å². The molecule has 1 amide bonds. The van der Waals surface area contributed by atoms with Gasteiger partial charge in [0.05, 0.1) is 11.0 Å². The number of hydrogen-bond acceptors (Lipinski definition) is 2. The molecule has 0 aliphatic heterocycles. The van der Waals surface area contributed by atoms with E-state index in [1.165, 1.54) is 18.4 Å². The maximum Gasteiger partial charge on any atom is 0.329 e. The van der Waals surface area contributed by atoms with E-state index in [0.717, 1.165) is 23.9 Å². The molecule has 0 saturated heterocycles. The van der Waals surface area contributed by atoms with Crippen molar-refractivity contribution in [3.63, 3.8) is 0 Å². The molecule has 152 valence electrons. The monoisotopic (exact) mass is 391 g/mol. The number of aromatic nitrogens is 2. The number of rotatable bonds is 7. The number of aryl methyl sites for hydroxylation is 2. The maximum absolute atomic E-state index is 12.7. The Kier molecular flexibility index (Phi) is 5.56. The molecule has 0 bridgehead atoms. The molecule has 1 heterocycles. The van der Waals surface area contributed by atoms with E-state index in [0.29, 0.717) is 26.1 Å². The van der Waals surface area contributed by atoms with Crippen LogP contribution in [0.1, 0.15) is 44.6 Å². The SMILES string of the molecule is CCn1c(=O)n(CCC(=O)NCC2(c3ccccc3)CCCC2)c2ccccc21. The lowest BCUT2D eigenvalue weighted by Gasteiger charge is -2.30. The minimum absolute atomic E-state index is 0.00688. The lowest BCUT2D eigenvalue weighted by atomic mass is 9.79. The van der Waals surface area contributed by atoms with Crippen molar-refractivity contribution >= 4 is 16.9 Å². The van der Waals surface area contributed by atoms with Crippen LogP contribution >= 0.6 is 0 Å². The van der Waals surface area contributed by atoms with Crippen LogP contribution in [0.3, 0.4) is 0 Å². The summed E-state index contributed by atoms with van der Waals surface area (Å²) in [5.41, 5.74) is 3.14. The van der Waals surface area contributed by atoms with Gasteiger partial charge in [-0.2, -0.15) is 0 Å². The molecule has 5 nitrogen and oxygen atoms in total. The Balaban J connectivity index is 1.44. The van der Waals surface area contributed by atoms with Gasteiger partial charge in [-0.3, -0.25) is 13.9 Å². The second-order valence-corrected chi connectivity index (χ2v) is 8.05. The Morgan fingerprint density at radius 3 is 2.24 bits per heavy atom. The third-order valence-electron chi connectivity index (χ3n) is 6.37. The van der Waals surface area contributed by atoms with Crippen LogP contribution in [0.5, 0.6) is 0 Å². The number of nitrogens with zero attached hydrogens (tertiary/aromatic N) is 2. The van der Waals surface area contributed by atoms with Crippen molar-refractivity contribution in [2.24, 2.45) is 0 Å². The number of hydrogen-bond donors (Lipinski definition) is 1. The normalized spacial score (nSPS) is 15.6. The van der Waals surface area contributed by atoms with Crippen molar-refractivity contribution in [2.45, 2.75) is 57.5 Å². The Bertz CT molecular complexity index is 1040.